The Labute approximate surface area is 234 Å². The van der Waals surface area contributed by atoms with E-state index < -0.39 is 0 Å². The molecule has 1 atom stereocenters. The lowest BCUT2D eigenvalue weighted by molar-refractivity contribution is 0.155. The molecule has 5 nitrogen and oxygen atoms in total. The first kappa shape index (κ1) is 25.3. The lowest BCUT2D eigenvalue weighted by Gasteiger charge is -2.32. The van der Waals surface area contributed by atoms with Crippen molar-refractivity contribution in [1.82, 2.24) is 19.8 Å². The molecule has 194 valence electrons. The zero-order chi connectivity index (χ0) is 26.1. The standard InChI is InChI=1S/C31H31Cl2N5/c1-37-14-16-38(17-15-37)13-12-21-6-9-24(10-7-21)35-31-34-20-23-18-27(22-8-11-28(32)29(33)19-22)25-4-2-3-5-26(25)30(23)36-31/h2-11,19-20,27H,12-18H2,1H3,(H,34,35,36). The van der Waals surface area contributed by atoms with E-state index in [1.807, 2.05) is 18.3 Å². The molecule has 38 heavy (non-hydrogen) atoms. The molecule has 2 aliphatic rings. The van der Waals surface area contributed by atoms with Crippen LogP contribution in [0.5, 0.6) is 0 Å². The second-order valence-electron chi connectivity index (χ2n) is 10.3. The quantitative estimate of drug-likeness (QED) is 0.294. The second kappa shape index (κ2) is 11.0. The number of rotatable bonds is 6. The Kier molecular flexibility index (Phi) is 7.35. The highest BCUT2D eigenvalue weighted by Gasteiger charge is 2.27. The number of nitrogens with one attached hydrogen (secondary N) is 1. The summed E-state index contributed by atoms with van der Waals surface area (Å²) < 4.78 is 0. The number of likely N-dealkylation sites (N-methyl/N-ethyl adjacent to an activating group) is 1. The number of aromatic nitrogens is 2. The zero-order valence-electron chi connectivity index (χ0n) is 21.5. The maximum absolute atomic E-state index is 6.36. The molecule has 0 spiro atoms. The maximum Gasteiger partial charge on any atom is 0.227 e. The first-order valence-electron chi connectivity index (χ1n) is 13.2. The van der Waals surface area contributed by atoms with Gasteiger partial charge in [-0.05, 0) is 66.4 Å². The number of fused-ring (bicyclic) bond motifs is 3. The van der Waals surface area contributed by atoms with Crippen LogP contribution in [0.4, 0.5) is 11.6 Å². The van der Waals surface area contributed by atoms with Gasteiger partial charge in [-0.2, -0.15) is 0 Å². The molecule has 0 radical (unpaired) electrons. The number of benzene rings is 3. The van der Waals surface area contributed by atoms with Crippen LogP contribution in [0.2, 0.25) is 10.0 Å². The summed E-state index contributed by atoms with van der Waals surface area (Å²) in [6, 6.07) is 23.0. The molecule has 1 N–H and O–H groups in total. The Bertz CT molecular complexity index is 1430. The van der Waals surface area contributed by atoms with Crippen LogP contribution in [-0.4, -0.2) is 59.5 Å². The molecule has 0 bridgehead atoms. The lowest BCUT2D eigenvalue weighted by Crippen LogP contribution is -2.45. The minimum Gasteiger partial charge on any atom is -0.324 e. The van der Waals surface area contributed by atoms with Crippen molar-refractivity contribution in [2.24, 2.45) is 0 Å². The minimum absolute atomic E-state index is 0.175. The topological polar surface area (TPSA) is 44.3 Å². The first-order chi connectivity index (χ1) is 18.5. The van der Waals surface area contributed by atoms with Gasteiger partial charge in [-0.25, -0.2) is 9.97 Å². The molecule has 3 aromatic carbocycles. The van der Waals surface area contributed by atoms with Gasteiger partial charge in [0.2, 0.25) is 5.95 Å². The van der Waals surface area contributed by atoms with Crippen LogP contribution in [0.25, 0.3) is 11.3 Å². The molecule has 0 saturated carbocycles. The monoisotopic (exact) mass is 543 g/mol. The number of nitrogens with zero attached hydrogens (tertiary/aromatic N) is 4. The molecule has 1 aliphatic carbocycles. The highest BCUT2D eigenvalue weighted by Crippen LogP contribution is 2.43. The molecule has 2 heterocycles. The summed E-state index contributed by atoms with van der Waals surface area (Å²) >= 11 is 12.5. The van der Waals surface area contributed by atoms with Gasteiger partial charge in [-0.1, -0.05) is 65.7 Å². The number of piperazine rings is 1. The fraction of sp³-hybridized carbons (Fsp3) is 0.290. The smallest absolute Gasteiger partial charge is 0.227 e. The molecule has 1 fully saturated rings. The van der Waals surface area contributed by atoms with Crippen LogP contribution in [0.3, 0.4) is 0 Å². The Balaban J connectivity index is 1.17. The number of hydrogen-bond donors (Lipinski definition) is 1. The molecule has 1 saturated heterocycles. The lowest BCUT2D eigenvalue weighted by atomic mass is 9.78. The first-order valence-corrected chi connectivity index (χ1v) is 14.0. The molecular weight excluding hydrogens is 513 g/mol. The third-order valence-corrected chi connectivity index (χ3v) is 8.49. The van der Waals surface area contributed by atoms with Crippen molar-refractivity contribution in [2.75, 3.05) is 45.1 Å². The summed E-state index contributed by atoms with van der Waals surface area (Å²) in [7, 11) is 2.20. The number of halogens is 2. The summed E-state index contributed by atoms with van der Waals surface area (Å²) in [4.78, 5) is 14.6. The molecule has 4 aromatic rings. The van der Waals surface area contributed by atoms with Crippen LogP contribution < -0.4 is 5.32 Å². The third kappa shape index (κ3) is 5.43. The van der Waals surface area contributed by atoms with Gasteiger partial charge >= 0.3 is 0 Å². The predicted molar refractivity (Wildman–Crippen MR) is 157 cm³/mol. The van der Waals surface area contributed by atoms with E-state index in [0.29, 0.717) is 16.0 Å². The van der Waals surface area contributed by atoms with E-state index >= 15 is 0 Å². The van der Waals surface area contributed by atoms with Gasteiger partial charge in [0.15, 0.2) is 0 Å². The van der Waals surface area contributed by atoms with Crippen LogP contribution in [0.15, 0.2) is 72.9 Å². The average molecular weight is 545 g/mol. The Morgan fingerprint density at radius 2 is 1.71 bits per heavy atom. The van der Waals surface area contributed by atoms with E-state index in [2.05, 4.69) is 81.7 Å². The fourth-order valence-corrected chi connectivity index (χ4v) is 5.77. The van der Waals surface area contributed by atoms with E-state index in [-0.39, 0.29) is 5.92 Å². The van der Waals surface area contributed by atoms with E-state index in [4.69, 9.17) is 28.2 Å². The van der Waals surface area contributed by atoms with E-state index in [0.717, 1.165) is 73.6 Å². The van der Waals surface area contributed by atoms with Crippen LogP contribution >= 0.6 is 23.2 Å². The van der Waals surface area contributed by atoms with Crippen molar-refractivity contribution in [1.29, 1.82) is 0 Å². The van der Waals surface area contributed by atoms with Crippen molar-refractivity contribution in [3.8, 4) is 11.3 Å². The van der Waals surface area contributed by atoms with Gasteiger partial charge in [0.25, 0.3) is 0 Å². The summed E-state index contributed by atoms with van der Waals surface area (Å²) in [5, 5.41) is 4.56. The molecule has 1 unspecified atom stereocenters. The molecule has 1 aliphatic heterocycles. The van der Waals surface area contributed by atoms with Gasteiger partial charge in [-0.15, -0.1) is 0 Å². The Morgan fingerprint density at radius 3 is 2.50 bits per heavy atom. The van der Waals surface area contributed by atoms with Crippen molar-refractivity contribution in [3.05, 3.63) is 105 Å². The maximum atomic E-state index is 6.36. The second-order valence-corrected chi connectivity index (χ2v) is 11.1. The van der Waals surface area contributed by atoms with E-state index in [1.54, 1.807) is 0 Å². The van der Waals surface area contributed by atoms with Crippen LogP contribution in [0.1, 0.15) is 28.2 Å². The van der Waals surface area contributed by atoms with Gasteiger partial charge in [-0.3, -0.25) is 0 Å². The summed E-state index contributed by atoms with van der Waals surface area (Å²) in [5.41, 5.74) is 7.98. The highest BCUT2D eigenvalue weighted by atomic mass is 35.5. The van der Waals surface area contributed by atoms with Crippen LogP contribution in [0, 0.1) is 0 Å². The molecule has 6 rings (SSSR count). The molecule has 0 amide bonds. The molecular formula is C31H31Cl2N5. The van der Waals surface area contributed by atoms with Crippen molar-refractivity contribution >= 4 is 34.8 Å². The number of anilines is 2. The predicted octanol–water partition coefficient (Wildman–Crippen LogP) is 6.67. The van der Waals surface area contributed by atoms with Gasteiger partial charge in [0, 0.05) is 56.1 Å². The Hall–Kier alpha value is -2.96. The zero-order valence-corrected chi connectivity index (χ0v) is 23.0. The minimum atomic E-state index is 0.175. The van der Waals surface area contributed by atoms with Gasteiger partial charge < -0.3 is 15.1 Å². The Morgan fingerprint density at radius 1 is 0.921 bits per heavy atom. The van der Waals surface area contributed by atoms with Crippen molar-refractivity contribution in [3.63, 3.8) is 0 Å². The summed E-state index contributed by atoms with van der Waals surface area (Å²) in [6.07, 6.45) is 3.83. The molecule has 1 aromatic heterocycles. The molecule has 7 heteroatoms. The van der Waals surface area contributed by atoms with Crippen molar-refractivity contribution < 1.29 is 0 Å². The largest absolute Gasteiger partial charge is 0.324 e. The third-order valence-electron chi connectivity index (χ3n) is 7.75. The fourth-order valence-electron chi connectivity index (χ4n) is 5.47. The van der Waals surface area contributed by atoms with Crippen molar-refractivity contribution in [2.45, 2.75) is 18.8 Å². The van der Waals surface area contributed by atoms with E-state index in [1.165, 1.54) is 11.1 Å². The van der Waals surface area contributed by atoms with Gasteiger partial charge in [0.1, 0.15) is 0 Å². The number of hydrogen-bond acceptors (Lipinski definition) is 5. The van der Waals surface area contributed by atoms with Gasteiger partial charge in [0.05, 0.1) is 15.7 Å². The average Bonchev–Trinajstić information content (AvgIpc) is 2.95. The summed E-state index contributed by atoms with van der Waals surface area (Å²) in [5.74, 6) is 0.783. The normalized spacial score (nSPS) is 17.6. The SMILES string of the molecule is CN1CCN(CCc2ccc(Nc3ncc4c(n3)-c3ccccc3C(c3ccc(Cl)c(Cl)c3)C4)cc2)CC1. The van der Waals surface area contributed by atoms with E-state index in [9.17, 15) is 0 Å². The van der Waals surface area contributed by atoms with Crippen LogP contribution in [-0.2, 0) is 12.8 Å². The summed E-state index contributed by atoms with van der Waals surface area (Å²) in [6.45, 7) is 5.73. The highest BCUT2D eigenvalue weighted by molar-refractivity contribution is 6.42.